The van der Waals surface area contributed by atoms with E-state index in [0.29, 0.717) is 24.1 Å². The second-order valence-electron chi connectivity index (χ2n) is 8.54. The van der Waals surface area contributed by atoms with Crippen molar-refractivity contribution < 1.29 is 14.2 Å². The molecule has 0 bridgehead atoms. The summed E-state index contributed by atoms with van der Waals surface area (Å²) in [7, 11) is 3.30. The van der Waals surface area contributed by atoms with E-state index in [4.69, 9.17) is 19.2 Å². The van der Waals surface area contributed by atoms with E-state index in [9.17, 15) is 0 Å². The zero-order valence-corrected chi connectivity index (χ0v) is 22.4. The van der Waals surface area contributed by atoms with Crippen LogP contribution in [0.4, 0.5) is 23.1 Å². The number of rotatable bonds is 13. The lowest BCUT2D eigenvalue weighted by molar-refractivity contribution is 0.223. The summed E-state index contributed by atoms with van der Waals surface area (Å²) in [6, 6.07) is 23.3. The van der Waals surface area contributed by atoms with E-state index in [-0.39, 0.29) is 0 Å². The van der Waals surface area contributed by atoms with E-state index in [2.05, 4.69) is 34.4 Å². The third-order valence-corrected chi connectivity index (χ3v) is 6.21. The third-order valence-electron chi connectivity index (χ3n) is 6.21. The molecule has 198 valence electrons. The van der Waals surface area contributed by atoms with Gasteiger partial charge in [-0.25, -0.2) is 4.98 Å². The van der Waals surface area contributed by atoms with Gasteiger partial charge in [-0.3, -0.25) is 0 Å². The quantitative estimate of drug-likeness (QED) is 0.214. The molecule has 8 nitrogen and oxygen atoms in total. The average Bonchev–Trinajstić information content (AvgIpc) is 2.96. The van der Waals surface area contributed by atoms with Crippen LogP contribution in [0.3, 0.4) is 0 Å². The topological polar surface area (TPSA) is 80.8 Å². The molecule has 0 radical (unpaired) electrons. The first-order valence-electron chi connectivity index (χ1n) is 12.8. The monoisotopic (exact) mass is 513 g/mol. The van der Waals surface area contributed by atoms with Crippen LogP contribution in [-0.2, 0) is 0 Å². The smallest absolute Gasteiger partial charge is 0.229 e. The molecule has 1 heterocycles. The number of methoxy groups -OCH3 is 2. The lowest BCUT2D eigenvalue weighted by Gasteiger charge is -2.18. The molecule has 0 saturated heterocycles. The number of nitrogens with one attached hydrogen (secondary N) is 2. The highest BCUT2D eigenvalue weighted by molar-refractivity contribution is 5.80. The molecule has 0 unspecified atom stereocenters. The van der Waals surface area contributed by atoms with E-state index in [0.717, 1.165) is 53.6 Å². The predicted octanol–water partition coefficient (Wildman–Crippen LogP) is 6.37. The highest BCUT2D eigenvalue weighted by atomic mass is 16.5. The molecule has 4 rings (SSSR count). The van der Waals surface area contributed by atoms with Gasteiger partial charge in [0.1, 0.15) is 29.7 Å². The molecular formula is C30H35N5O3. The van der Waals surface area contributed by atoms with Crippen molar-refractivity contribution in [2.75, 3.05) is 51.1 Å². The summed E-state index contributed by atoms with van der Waals surface area (Å²) in [6.07, 6.45) is 1.80. The van der Waals surface area contributed by atoms with E-state index >= 15 is 0 Å². The molecule has 0 aliphatic rings. The molecule has 0 amide bonds. The molecule has 3 aromatic carbocycles. The minimum atomic E-state index is 0.462. The second kappa shape index (κ2) is 13.3. The van der Waals surface area contributed by atoms with Crippen molar-refractivity contribution in [3.8, 4) is 28.4 Å². The van der Waals surface area contributed by atoms with Crippen molar-refractivity contribution in [1.82, 2.24) is 14.9 Å². The molecule has 0 spiro atoms. The first-order valence-corrected chi connectivity index (χ1v) is 12.8. The lowest BCUT2D eigenvalue weighted by Crippen LogP contribution is -2.27. The largest absolute Gasteiger partial charge is 0.497 e. The summed E-state index contributed by atoms with van der Waals surface area (Å²) in [6.45, 7) is 7.92. The molecular weight excluding hydrogens is 478 g/mol. The Balaban J connectivity index is 1.55. The van der Waals surface area contributed by atoms with Crippen LogP contribution in [0.1, 0.15) is 13.8 Å². The molecule has 0 atom stereocenters. The van der Waals surface area contributed by atoms with Crippen molar-refractivity contribution in [2.45, 2.75) is 13.8 Å². The van der Waals surface area contributed by atoms with Gasteiger partial charge >= 0.3 is 0 Å². The van der Waals surface area contributed by atoms with Gasteiger partial charge in [-0.1, -0.05) is 38.1 Å². The number of likely N-dealkylation sites (N-methyl/N-ethyl adjacent to an activating group) is 1. The van der Waals surface area contributed by atoms with E-state index in [1.54, 1.807) is 20.4 Å². The minimum absolute atomic E-state index is 0.462. The standard InChI is InChI=1S/C30H35N5O3/c1-5-35(6-2)18-19-38-24-16-14-23(15-17-24)32-30-31-21-26(22-10-9-11-25(20-22)36-3)29(34-30)33-27-12-7-8-13-28(27)37-4/h7-17,20-21H,5-6,18-19H2,1-4H3,(H2,31,32,33,34). The van der Waals surface area contributed by atoms with Crippen molar-refractivity contribution in [3.63, 3.8) is 0 Å². The fourth-order valence-corrected chi connectivity index (χ4v) is 4.01. The summed E-state index contributed by atoms with van der Waals surface area (Å²) in [5.41, 5.74) is 3.42. The number of nitrogens with zero attached hydrogens (tertiary/aromatic N) is 3. The maximum Gasteiger partial charge on any atom is 0.229 e. The fourth-order valence-electron chi connectivity index (χ4n) is 4.01. The molecule has 38 heavy (non-hydrogen) atoms. The van der Waals surface area contributed by atoms with E-state index in [1.165, 1.54) is 0 Å². The Morgan fingerprint density at radius 2 is 1.61 bits per heavy atom. The lowest BCUT2D eigenvalue weighted by atomic mass is 10.1. The van der Waals surface area contributed by atoms with Gasteiger partial charge in [0, 0.05) is 24.0 Å². The van der Waals surface area contributed by atoms with Crippen LogP contribution < -0.4 is 24.8 Å². The molecule has 8 heteroatoms. The zero-order chi connectivity index (χ0) is 26.7. The highest BCUT2D eigenvalue weighted by Crippen LogP contribution is 2.34. The maximum atomic E-state index is 5.90. The van der Waals surface area contributed by atoms with E-state index in [1.807, 2.05) is 72.8 Å². The number of anilines is 4. The molecule has 0 fully saturated rings. The van der Waals surface area contributed by atoms with Crippen LogP contribution in [0, 0.1) is 0 Å². The van der Waals surface area contributed by atoms with Crippen LogP contribution in [0.5, 0.6) is 17.2 Å². The van der Waals surface area contributed by atoms with Crippen LogP contribution >= 0.6 is 0 Å². The predicted molar refractivity (Wildman–Crippen MR) is 153 cm³/mol. The summed E-state index contributed by atoms with van der Waals surface area (Å²) >= 11 is 0. The van der Waals surface area contributed by atoms with Crippen LogP contribution in [0.2, 0.25) is 0 Å². The summed E-state index contributed by atoms with van der Waals surface area (Å²) in [4.78, 5) is 11.7. The van der Waals surface area contributed by atoms with Crippen molar-refractivity contribution in [2.24, 2.45) is 0 Å². The van der Waals surface area contributed by atoms with E-state index < -0.39 is 0 Å². The molecule has 0 aliphatic carbocycles. The number of ether oxygens (including phenoxy) is 3. The first-order chi connectivity index (χ1) is 18.6. The molecule has 1 aromatic heterocycles. The Kier molecular flexibility index (Phi) is 9.37. The maximum absolute atomic E-state index is 5.90. The molecule has 4 aromatic rings. The van der Waals surface area contributed by atoms with Gasteiger partial charge in [0.15, 0.2) is 0 Å². The number of hydrogen-bond acceptors (Lipinski definition) is 8. The highest BCUT2D eigenvalue weighted by Gasteiger charge is 2.13. The molecule has 2 N–H and O–H groups in total. The van der Waals surface area contributed by atoms with Crippen molar-refractivity contribution in [3.05, 3.63) is 79.0 Å². The first kappa shape index (κ1) is 26.8. The number of hydrogen-bond donors (Lipinski definition) is 2. The zero-order valence-electron chi connectivity index (χ0n) is 22.4. The number of aromatic nitrogens is 2. The second-order valence-corrected chi connectivity index (χ2v) is 8.54. The Morgan fingerprint density at radius 3 is 2.34 bits per heavy atom. The van der Waals surface area contributed by atoms with Gasteiger partial charge in [-0.15, -0.1) is 0 Å². The summed E-state index contributed by atoms with van der Waals surface area (Å²) < 4.78 is 16.9. The Morgan fingerprint density at radius 1 is 0.816 bits per heavy atom. The Hall–Kier alpha value is -4.30. The summed E-state index contributed by atoms with van der Waals surface area (Å²) in [5.74, 6) is 3.40. The number of benzene rings is 3. The van der Waals surface area contributed by atoms with Gasteiger partial charge in [0.2, 0.25) is 5.95 Å². The van der Waals surface area contributed by atoms with Crippen LogP contribution in [0.25, 0.3) is 11.1 Å². The Bertz CT molecular complexity index is 1310. The fraction of sp³-hybridized carbons (Fsp3) is 0.267. The normalized spacial score (nSPS) is 10.8. The van der Waals surface area contributed by atoms with Crippen LogP contribution in [-0.4, -0.2) is 55.3 Å². The number of para-hydroxylation sites is 2. The van der Waals surface area contributed by atoms with Gasteiger partial charge in [-0.05, 0) is 67.2 Å². The average molecular weight is 514 g/mol. The third kappa shape index (κ3) is 6.92. The van der Waals surface area contributed by atoms with Crippen molar-refractivity contribution >= 4 is 23.1 Å². The Labute approximate surface area is 224 Å². The summed E-state index contributed by atoms with van der Waals surface area (Å²) in [5, 5.41) is 6.72. The van der Waals surface area contributed by atoms with Gasteiger partial charge in [-0.2, -0.15) is 4.98 Å². The van der Waals surface area contributed by atoms with Crippen LogP contribution in [0.15, 0.2) is 79.0 Å². The molecule has 0 aliphatic heterocycles. The minimum Gasteiger partial charge on any atom is -0.497 e. The SMILES string of the molecule is CCN(CC)CCOc1ccc(Nc2ncc(-c3cccc(OC)c3)c(Nc3ccccc3OC)n2)cc1. The van der Waals surface area contributed by atoms with Gasteiger partial charge < -0.3 is 29.7 Å². The van der Waals surface area contributed by atoms with Gasteiger partial charge in [0.05, 0.1) is 19.9 Å². The van der Waals surface area contributed by atoms with Gasteiger partial charge in [0.25, 0.3) is 0 Å². The molecule has 0 saturated carbocycles. The van der Waals surface area contributed by atoms with Crippen molar-refractivity contribution in [1.29, 1.82) is 0 Å².